The summed E-state index contributed by atoms with van der Waals surface area (Å²) >= 11 is 11.3. The number of carbonyl (C=O) groups excluding carboxylic acids is 2. The number of aromatic hydroxyl groups is 1. The molecule has 3 aromatic carbocycles. The number of carbonyl (C=O) groups is 2. The van der Waals surface area contributed by atoms with Crippen molar-refractivity contribution in [3.8, 4) is 11.5 Å². The van der Waals surface area contributed by atoms with Crippen LogP contribution >= 0.6 is 59.6 Å². The molecule has 0 bridgehead atoms. The van der Waals surface area contributed by atoms with Gasteiger partial charge in [-0.1, -0.05) is 49.6 Å². The Morgan fingerprint density at radius 3 is 2.59 bits per heavy atom. The predicted molar refractivity (Wildman–Crippen MR) is 183 cm³/mol. The number of hydrogen-bond donors (Lipinski definition) is 2. The number of nitrogens with zero attached hydrogens (tertiary/aromatic N) is 3. The average molecular weight is 803 g/mol. The molecule has 44 heavy (non-hydrogen) atoms. The quantitative estimate of drug-likeness (QED) is 0.100. The van der Waals surface area contributed by atoms with Gasteiger partial charge in [-0.2, -0.15) is 5.10 Å². The first kappa shape index (κ1) is 31.8. The third-order valence-corrected chi connectivity index (χ3v) is 8.68. The van der Waals surface area contributed by atoms with E-state index in [1.807, 2.05) is 31.2 Å². The van der Waals surface area contributed by atoms with Crippen LogP contribution in [0.3, 0.4) is 0 Å². The second-order valence-electron chi connectivity index (χ2n) is 9.42. The maximum atomic E-state index is 13.6. The second-order valence-corrected chi connectivity index (χ2v) is 13.1. The van der Waals surface area contributed by atoms with E-state index in [-0.39, 0.29) is 30.7 Å². The molecule has 5 rings (SSSR count). The summed E-state index contributed by atoms with van der Waals surface area (Å²) in [5.41, 5.74) is 2.78. The highest BCUT2D eigenvalue weighted by atomic mass is 79.9. The number of thioether (sulfide) groups is 1. The van der Waals surface area contributed by atoms with Crippen LogP contribution in [0, 0.1) is 6.92 Å². The van der Waals surface area contributed by atoms with Crippen molar-refractivity contribution in [3.63, 3.8) is 0 Å². The fraction of sp³-hybridized carbons (Fsp3) is 0.0968. The van der Waals surface area contributed by atoms with E-state index in [0.29, 0.717) is 42.9 Å². The normalized spacial score (nSPS) is 15.1. The van der Waals surface area contributed by atoms with Crippen LogP contribution in [-0.2, 0) is 16.1 Å². The van der Waals surface area contributed by atoms with Gasteiger partial charge in [0.25, 0.3) is 11.8 Å². The number of rotatable bonds is 9. The molecular weight excluding hydrogens is 780 g/mol. The Hall–Kier alpha value is -3.65. The van der Waals surface area contributed by atoms with Crippen molar-refractivity contribution in [2.24, 2.45) is 10.2 Å². The number of amidine groups is 1. The Kier molecular flexibility index (Phi) is 10.4. The largest absolute Gasteiger partial charge is 0.506 e. The van der Waals surface area contributed by atoms with Crippen LogP contribution in [-0.4, -0.2) is 39.8 Å². The molecule has 2 heterocycles. The van der Waals surface area contributed by atoms with Crippen LogP contribution in [0.2, 0.25) is 0 Å². The molecule has 0 atom stereocenters. The van der Waals surface area contributed by atoms with E-state index in [9.17, 15) is 14.7 Å². The van der Waals surface area contributed by atoms with Crippen molar-refractivity contribution >= 4 is 94.5 Å². The smallest absolute Gasteiger partial charge is 0.267 e. The van der Waals surface area contributed by atoms with Gasteiger partial charge >= 0.3 is 0 Å². The number of aryl methyl sites for hydroxylation is 1. The zero-order valence-corrected chi connectivity index (χ0v) is 28.5. The van der Waals surface area contributed by atoms with Crippen LogP contribution in [0.25, 0.3) is 6.08 Å². The number of phenols is 1. The Morgan fingerprint density at radius 1 is 1.07 bits per heavy atom. The molecule has 1 saturated heterocycles. The number of ether oxygens (including phenoxy) is 1. The molecule has 1 fully saturated rings. The molecule has 0 unspecified atom stereocenters. The number of anilines is 1. The molecule has 0 saturated carbocycles. The Morgan fingerprint density at radius 2 is 1.84 bits per heavy atom. The van der Waals surface area contributed by atoms with Gasteiger partial charge in [-0.25, -0.2) is 0 Å². The molecule has 1 aromatic heterocycles. The summed E-state index contributed by atoms with van der Waals surface area (Å²) in [6.07, 6.45) is 4.61. The van der Waals surface area contributed by atoms with Crippen LogP contribution in [0.15, 0.2) is 106 Å². The molecule has 13 heteroatoms. The molecule has 9 nitrogen and oxygen atoms in total. The second kappa shape index (κ2) is 14.4. The van der Waals surface area contributed by atoms with E-state index in [0.717, 1.165) is 26.3 Å². The fourth-order valence-corrected chi connectivity index (χ4v) is 6.55. The third kappa shape index (κ3) is 8.08. The lowest BCUT2D eigenvalue weighted by atomic mass is 10.2. The fourth-order valence-electron chi connectivity index (χ4n) is 3.99. The Balaban J connectivity index is 1.39. The van der Waals surface area contributed by atoms with Gasteiger partial charge in [0.05, 0.1) is 28.4 Å². The van der Waals surface area contributed by atoms with Crippen molar-refractivity contribution < 1.29 is 23.8 Å². The molecule has 0 spiro atoms. The zero-order valence-electron chi connectivity index (χ0n) is 23.0. The molecule has 1 aliphatic heterocycles. The summed E-state index contributed by atoms with van der Waals surface area (Å²) in [5, 5.41) is 21.9. The third-order valence-electron chi connectivity index (χ3n) is 6.13. The summed E-state index contributed by atoms with van der Waals surface area (Å²) in [7, 11) is 0. The topological polar surface area (TPSA) is 117 Å². The summed E-state index contributed by atoms with van der Waals surface area (Å²) in [6, 6.07) is 19.7. The minimum absolute atomic E-state index is 0.00931. The maximum absolute atomic E-state index is 13.6. The molecule has 2 amide bonds. The number of phenolic OH excluding ortho intramolecular Hbond substituents is 1. The summed E-state index contributed by atoms with van der Waals surface area (Å²) in [6.45, 7) is 1.88. The van der Waals surface area contributed by atoms with Crippen LogP contribution < -0.4 is 10.1 Å². The number of amides is 2. The van der Waals surface area contributed by atoms with E-state index in [2.05, 4.69) is 63.3 Å². The Bertz CT molecular complexity index is 1790. The van der Waals surface area contributed by atoms with Crippen LogP contribution in [0.5, 0.6) is 11.5 Å². The molecule has 1 aliphatic rings. The SMILES string of the molecule is Cc1ccc(NC(=O)COc2ccc(Br)cc2/C=C2\S/C(=N\N=C\c3cc(Br)cc(Br)c3O)N(Cc3ccco3)C2=O)cc1. The standard InChI is InChI=1S/C31H23Br3N4O5S/c1-18-4-7-23(8-5-18)36-28(39)17-43-26-9-6-21(32)11-19(26)13-27-30(41)38(16-24-3-2-10-42-24)31(44-27)37-35-15-20-12-22(33)14-25(34)29(20)40/h2-15,40H,16-17H2,1H3,(H,36,39)/b27-13-,35-15+,37-31-. The summed E-state index contributed by atoms with van der Waals surface area (Å²) in [5.74, 6) is 0.370. The lowest BCUT2D eigenvalue weighted by molar-refractivity contribution is -0.122. The summed E-state index contributed by atoms with van der Waals surface area (Å²) in [4.78, 5) is 28.0. The highest BCUT2D eigenvalue weighted by molar-refractivity contribution is 9.11. The first-order valence-corrected chi connectivity index (χ1v) is 16.2. The molecule has 4 aromatic rings. The van der Waals surface area contributed by atoms with Gasteiger partial charge in [0.15, 0.2) is 11.8 Å². The lowest BCUT2D eigenvalue weighted by Gasteiger charge is -2.13. The minimum Gasteiger partial charge on any atom is -0.506 e. The van der Waals surface area contributed by atoms with Gasteiger partial charge in [0.2, 0.25) is 0 Å². The van der Waals surface area contributed by atoms with E-state index in [4.69, 9.17) is 9.15 Å². The zero-order chi connectivity index (χ0) is 31.2. The monoisotopic (exact) mass is 800 g/mol. The average Bonchev–Trinajstić information content (AvgIpc) is 3.60. The van der Waals surface area contributed by atoms with Crippen molar-refractivity contribution in [1.82, 2.24) is 4.90 Å². The highest BCUT2D eigenvalue weighted by Gasteiger charge is 2.34. The number of halogens is 3. The van der Waals surface area contributed by atoms with Gasteiger partial charge in [-0.05, 0) is 95.3 Å². The van der Waals surface area contributed by atoms with Crippen molar-refractivity contribution in [3.05, 3.63) is 114 Å². The van der Waals surface area contributed by atoms with E-state index in [1.165, 1.54) is 17.4 Å². The Labute approximate surface area is 282 Å². The van der Waals surface area contributed by atoms with E-state index >= 15 is 0 Å². The first-order valence-electron chi connectivity index (χ1n) is 13.0. The molecule has 0 aliphatic carbocycles. The molecule has 2 N–H and O–H groups in total. The molecule has 224 valence electrons. The molecule has 0 radical (unpaired) electrons. The van der Waals surface area contributed by atoms with Gasteiger partial charge in [-0.3, -0.25) is 14.5 Å². The van der Waals surface area contributed by atoms with Gasteiger partial charge < -0.3 is 19.6 Å². The highest BCUT2D eigenvalue weighted by Crippen LogP contribution is 2.36. The predicted octanol–water partition coefficient (Wildman–Crippen LogP) is 8.11. The number of benzene rings is 3. The van der Waals surface area contributed by atoms with E-state index in [1.54, 1.807) is 48.5 Å². The summed E-state index contributed by atoms with van der Waals surface area (Å²) < 4.78 is 13.3. The van der Waals surface area contributed by atoms with Crippen LogP contribution in [0.4, 0.5) is 5.69 Å². The van der Waals surface area contributed by atoms with Gasteiger partial charge in [0, 0.05) is 25.8 Å². The number of hydrogen-bond acceptors (Lipinski definition) is 8. The van der Waals surface area contributed by atoms with Crippen molar-refractivity contribution in [1.29, 1.82) is 0 Å². The van der Waals surface area contributed by atoms with Crippen LogP contribution in [0.1, 0.15) is 22.5 Å². The number of furan rings is 1. The minimum atomic E-state index is -0.317. The molecular formula is C31H23Br3N4O5S. The van der Waals surface area contributed by atoms with Crippen molar-refractivity contribution in [2.45, 2.75) is 13.5 Å². The van der Waals surface area contributed by atoms with Crippen molar-refractivity contribution in [2.75, 3.05) is 11.9 Å². The van der Waals surface area contributed by atoms with Gasteiger partial charge in [-0.15, -0.1) is 5.10 Å². The number of nitrogens with one attached hydrogen (secondary N) is 1. The first-order chi connectivity index (χ1) is 21.2. The van der Waals surface area contributed by atoms with E-state index < -0.39 is 0 Å². The lowest BCUT2D eigenvalue weighted by Crippen LogP contribution is -2.28. The maximum Gasteiger partial charge on any atom is 0.267 e. The van der Waals surface area contributed by atoms with Gasteiger partial charge in [0.1, 0.15) is 17.3 Å².